The molecule has 3 fully saturated rings. The van der Waals surface area contributed by atoms with Gasteiger partial charge in [-0.05, 0) is 63.6 Å². The number of likely N-dealkylation sites (N-methyl/N-ethyl adjacent to an activating group) is 1. The molecule has 158 valence electrons. The van der Waals surface area contributed by atoms with Gasteiger partial charge < -0.3 is 9.64 Å². The predicted octanol–water partition coefficient (Wildman–Crippen LogP) is 3.16. The minimum absolute atomic E-state index is 0.00763. The van der Waals surface area contributed by atoms with Crippen molar-refractivity contribution in [2.24, 2.45) is 0 Å². The molecule has 2 aliphatic heterocycles. The first-order valence-electron chi connectivity index (χ1n) is 10.8. The highest BCUT2D eigenvalue weighted by Crippen LogP contribution is 2.43. The lowest BCUT2D eigenvalue weighted by Crippen LogP contribution is -2.58. The van der Waals surface area contributed by atoms with E-state index in [1.165, 1.54) is 25.0 Å². The van der Waals surface area contributed by atoms with Gasteiger partial charge in [0, 0.05) is 37.9 Å². The van der Waals surface area contributed by atoms with E-state index in [9.17, 15) is 14.9 Å². The molecule has 1 saturated carbocycles. The molecule has 4 rings (SSSR count). The third kappa shape index (κ3) is 4.31. The third-order valence-corrected chi connectivity index (χ3v) is 7.08. The molecule has 0 aromatic heterocycles. The number of non-ortho nitro benzene ring substituents is 1. The van der Waals surface area contributed by atoms with Gasteiger partial charge in [0.1, 0.15) is 0 Å². The topological polar surface area (TPSA) is 75.9 Å². The Hall–Kier alpha value is -1.99. The number of nitro groups is 1. The van der Waals surface area contributed by atoms with Crippen LogP contribution in [0.5, 0.6) is 0 Å². The summed E-state index contributed by atoms with van der Waals surface area (Å²) in [6.45, 7) is 3.06. The van der Waals surface area contributed by atoms with Crippen LogP contribution in [0.3, 0.4) is 0 Å². The molecule has 1 aromatic rings. The van der Waals surface area contributed by atoms with Crippen molar-refractivity contribution in [1.29, 1.82) is 0 Å². The molecule has 1 aliphatic carbocycles. The molecule has 1 aromatic carbocycles. The van der Waals surface area contributed by atoms with E-state index in [2.05, 4.69) is 4.90 Å². The van der Waals surface area contributed by atoms with Gasteiger partial charge in [-0.25, -0.2) is 0 Å². The maximum atomic E-state index is 13.1. The summed E-state index contributed by atoms with van der Waals surface area (Å²) in [7, 11) is 1.90. The summed E-state index contributed by atoms with van der Waals surface area (Å²) in [5.74, 6) is 0.0305. The van der Waals surface area contributed by atoms with E-state index in [4.69, 9.17) is 4.74 Å². The summed E-state index contributed by atoms with van der Waals surface area (Å²) < 4.78 is 6.20. The Morgan fingerprint density at radius 1 is 1.31 bits per heavy atom. The first kappa shape index (κ1) is 20.3. The summed E-state index contributed by atoms with van der Waals surface area (Å²) in [6, 6.07) is 6.92. The Kier molecular flexibility index (Phi) is 5.88. The van der Waals surface area contributed by atoms with Crippen molar-refractivity contribution in [1.82, 2.24) is 9.80 Å². The Labute approximate surface area is 172 Å². The zero-order valence-electron chi connectivity index (χ0n) is 17.2. The summed E-state index contributed by atoms with van der Waals surface area (Å²) in [4.78, 5) is 28.2. The maximum Gasteiger partial charge on any atom is 0.269 e. The van der Waals surface area contributed by atoms with Crippen LogP contribution >= 0.6 is 0 Å². The average Bonchev–Trinajstić information content (AvgIpc) is 3.40. The Balaban J connectivity index is 1.48. The molecule has 2 heterocycles. The van der Waals surface area contributed by atoms with Crippen molar-refractivity contribution in [3.63, 3.8) is 0 Å². The van der Waals surface area contributed by atoms with Crippen LogP contribution in [0.4, 0.5) is 5.69 Å². The molecule has 3 atom stereocenters. The van der Waals surface area contributed by atoms with Gasteiger partial charge in [-0.1, -0.05) is 12.1 Å². The summed E-state index contributed by atoms with van der Waals surface area (Å²) in [5.41, 5.74) is 0.735. The minimum atomic E-state index is -0.413. The fraction of sp³-hybridized carbons (Fsp3) is 0.682. The van der Waals surface area contributed by atoms with Crippen molar-refractivity contribution in [3.05, 3.63) is 39.9 Å². The van der Waals surface area contributed by atoms with Crippen molar-refractivity contribution < 1.29 is 14.5 Å². The van der Waals surface area contributed by atoms with Gasteiger partial charge in [0.15, 0.2) is 0 Å². The van der Waals surface area contributed by atoms with E-state index in [0.717, 1.165) is 51.8 Å². The van der Waals surface area contributed by atoms with Crippen LogP contribution in [0.1, 0.15) is 50.5 Å². The molecule has 1 spiro atoms. The number of ether oxygens (including phenoxy) is 1. The van der Waals surface area contributed by atoms with Crippen LogP contribution in [0.15, 0.2) is 24.3 Å². The number of carbonyl (C=O) groups is 1. The largest absolute Gasteiger partial charge is 0.375 e. The zero-order valence-corrected chi connectivity index (χ0v) is 17.2. The number of hydrogen-bond acceptors (Lipinski definition) is 5. The molecular formula is C22H31N3O4. The van der Waals surface area contributed by atoms with E-state index < -0.39 is 4.92 Å². The monoisotopic (exact) mass is 401 g/mol. The lowest BCUT2D eigenvalue weighted by molar-refractivity contribution is -0.384. The van der Waals surface area contributed by atoms with Gasteiger partial charge in [0.2, 0.25) is 5.91 Å². The van der Waals surface area contributed by atoms with E-state index in [1.54, 1.807) is 12.1 Å². The standard InChI is InChI=1S/C22H31N3O4/c1-23(21(26)15-17-6-4-7-18(14-17)25(27)28)19-8-10-22(9-5-13-29-22)16-20(19)24-11-2-3-12-24/h4,6-7,14,19-20H,2-3,5,8-13,15-16H2,1H3. The molecule has 2 saturated heterocycles. The Morgan fingerprint density at radius 3 is 2.79 bits per heavy atom. The van der Waals surface area contributed by atoms with Crippen LogP contribution in [-0.4, -0.2) is 65.1 Å². The third-order valence-electron chi connectivity index (χ3n) is 7.08. The lowest BCUT2D eigenvalue weighted by atomic mass is 9.76. The van der Waals surface area contributed by atoms with Gasteiger partial charge >= 0.3 is 0 Å². The normalized spacial score (nSPS) is 30.0. The predicted molar refractivity (Wildman–Crippen MR) is 110 cm³/mol. The van der Waals surface area contributed by atoms with Crippen molar-refractivity contribution >= 4 is 11.6 Å². The second kappa shape index (κ2) is 8.40. The van der Waals surface area contributed by atoms with Crippen LogP contribution in [-0.2, 0) is 16.0 Å². The number of rotatable bonds is 5. The van der Waals surface area contributed by atoms with Crippen molar-refractivity contribution in [2.75, 3.05) is 26.7 Å². The lowest BCUT2D eigenvalue weighted by Gasteiger charge is -2.48. The number of benzene rings is 1. The molecule has 0 N–H and O–H groups in total. The second-order valence-corrected chi connectivity index (χ2v) is 8.86. The van der Waals surface area contributed by atoms with Crippen LogP contribution < -0.4 is 0 Å². The highest BCUT2D eigenvalue weighted by Gasteiger charge is 2.47. The van der Waals surface area contributed by atoms with E-state index in [-0.39, 0.29) is 29.7 Å². The molecule has 7 heteroatoms. The molecule has 3 aliphatic rings. The molecule has 7 nitrogen and oxygen atoms in total. The van der Waals surface area contributed by atoms with E-state index in [1.807, 2.05) is 11.9 Å². The van der Waals surface area contributed by atoms with Gasteiger partial charge in [-0.2, -0.15) is 0 Å². The van der Waals surface area contributed by atoms with Crippen molar-refractivity contribution in [3.8, 4) is 0 Å². The Morgan fingerprint density at radius 2 is 2.10 bits per heavy atom. The Bertz CT molecular complexity index is 756. The van der Waals surface area contributed by atoms with Crippen LogP contribution in [0.2, 0.25) is 0 Å². The highest BCUT2D eigenvalue weighted by atomic mass is 16.6. The molecule has 29 heavy (non-hydrogen) atoms. The summed E-state index contributed by atoms with van der Waals surface area (Å²) >= 11 is 0. The zero-order chi connectivity index (χ0) is 20.4. The molecule has 1 amide bonds. The average molecular weight is 402 g/mol. The fourth-order valence-corrected chi connectivity index (χ4v) is 5.50. The first-order valence-corrected chi connectivity index (χ1v) is 10.8. The number of amides is 1. The van der Waals surface area contributed by atoms with Gasteiger partial charge in [0.25, 0.3) is 5.69 Å². The molecule has 3 unspecified atom stereocenters. The SMILES string of the molecule is CN(C(=O)Cc1cccc([N+](=O)[O-])c1)C1CCC2(CCCO2)CC1N1CCCC1. The second-order valence-electron chi connectivity index (χ2n) is 8.86. The first-order chi connectivity index (χ1) is 14.0. The van der Waals surface area contributed by atoms with Gasteiger partial charge in [-0.15, -0.1) is 0 Å². The van der Waals surface area contributed by atoms with E-state index in [0.29, 0.717) is 11.6 Å². The summed E-state index contributed by atoms with van der Waals surface area (Å²) in [6.07, 6.45) is 7.89. The smallest absolute Gasteiger partial charge is 0.269 e. The number of nitrogens with zero attached hydrogens (tertiary/aromatic N) is 3. The molecule has 0 radical (unpaired) electrons. The number of hydrogen-bond donors (Lipinski definition) is 0. The summed E-state index contributed by atoms with van der Waals surface area (Å²) in [5, 5.41) is 11.0. The van der Waals surface area contributed by atoms with Crippen molar-refractivity contribution in [2.45, 2.75) is 69.1 Å². The number of nitro benzene ring substituents is 1. The number of likely N-dealkylation sites (tertiary alicyclic amines) is 1. The van der Waals surface area contributed by atoms with Gasteiger partial charge in [-0.3, -0.25) is 19.8 Å². The maximum absolute atomic E-state index is 13.1. The quantitative estimate of drug-likeness (QED) is 0.560. The fourth-order valence-electron chi connectivity index (χ4n) is 5.50. The van der Waals surface area contributed by atoms with Crippen LogP contribution in [0.25, 0.3) is 0 Å². The molecule has 0 bridgehead atoms. The number of carbonyl (C=O) groups excluding carboxylic acids is 1. The molecular weight excluding hydrogens is 370 g/mol. The highest BCUT2D eigenvalue weighted by molar-refractivity contribution is 5.79. The van der Waals surface area contributed by atoms with E-state index >= 15 is 0 Å². The minimum Gasteiger partial charge on any atom is -0.375 e. The van der Waals surface area contributed by atoms with Crippen LogP contribution in [0, 0.1) is 10.1 Å². The van der Waals surface area contributed by atoms with Gasteiger partial charge in [0.05, 0.1) is 16.9 Å².